The van der Waals surface area contributed by atoms with Crippen LogP contribution in [0.25, 0.3) is 10.9 Å². The van der Waals surface area contributed by atoms with E-state index in [4.69, 9.17) is 11.6 Å². The van der Waals surface area contributed by atoms with Gasteiger partial charge in [0.15, 0.2) is 0 Å². The van der Waals surface area contributed by atoms with Crippen LogP contribution in [0.4, 0.5) is 0 Å². The van der Waals surface area contributed by atoms with Crippen LogP contribution in [0, 0.1) is 0 Å². The summed E-state index contributed by atoms with van der Waals surface area (Å²) in [6, 6.07) is 23.9. The normalized spacial score (nSPS) is 15.9. The smallest absolute Gasteiger partial charge is 0.254 e. The highest BCUT2D eigenvalue weighted by Gasteiger charge is 2.34. The first-order valence-electron chi connectivity index (χ1n) is 9.95. The number of nitrogens with zero attached hydrogens (tertiary/aromatic N) is 1. The number of para-hydroxylation sites is 1. The second kappa shape index (κ2) is 7.86. The summed E-state index contributed by atoms with van der Waals surface area (Å²) < 4.78 is 0. The molecule has 1 aliphatic heterocycles. The molecule has 30 heavy (non-hydrogen) atoms. The second-order valence-electron chi connectivity index (χ2n) is 7.49. The average molecular weight is 433 g/mol. The summed E-state index contributed by atoms with van der Waals surface area (Å²) in [6.07, 6.45) is 2.90. The molecule has 3 nitrogen and oxygen atoms in total. The van der Waals surface area contributed by atoms with Crippen LogP contribution in [0.2, 0.25) is 5.02 Å². The Kier molecular flexibility index (Phi) is 5.05. The first-order chi connectivity index (χ1) is 14.7. The first kappa shape index (κ1) is 19.3. The number of H-pyrrole nitrogens is 1. The third-order valence-electron chi connectivity index (χ3n) is 5.82. The van der Waals surface area contributed by atoms with Crippen molar-refractivity contribution in [3.63, 3.8) is 0 Å². The lowest BCUT2D eigenvalue weighted by molar-refractivity contribution is 0.0692. The number of amides is 1. The van der Waals surface area contributed by atoms with Gasteiger partial charge in [0, 0.05) is 38.6 Å². The van der Waals surface area contributed by atoms with Gasteiger partial charge in [-0.25, -0.2) is 0 Å². The van der Waals surface area contributed by atoms with Gasteiger partial charge in [0.1, 0.15) is 0 Å². The molecule has 2 heterocycles. The maximum Gasteiger partial charge on any atom is 0.254 e. The Hall–Kier alpha value is -2.69. The van der Waals surface area contributed by atoms with Gasteiger partial charge < -0.3 is 9.88 Å². The highest BCUT2D eigenvalue weighted by molar-refractivity contribution is 7.98. The van der Waals surface area contributed by atoms with Crippen LogP contribution in [0.5, 0.6) is 0 Å². The third kappa shape index (κ3) is 3.30. The Morgan fingerprint density at radius 1 is 1.03 bits per heavy atom. The monoisotopic (exact) mass is 432 g/mol. The van der Waals surface area contributed by atoms with Crippen molar-refractivity contribution in [1.29, 1.82) is 0 Å². The molecule has 3 aromatic carbocycles. The largest absolute Gasteiger partial charge is 0.356 e. The van der Waals surface area contributed by atoms with Gasteiger partial charge in [0.05, 0.1) is 6.04 Å². The minimum Gasteiger partial charge on any atom is -0.356 e. The molecule has 1 amide bonds. The van der Waals surface area contributed by atoms with Crippen LogP contribution >= 0.6 is 23.4 Å². The van der Waals surface area contributed by atoms with Crippen LogP contribution < -0.4 is 0 Å². The number of carbonyl (C=O) groups excluding carboxylic acids is 1. The van der Waals surface area contributed by atoms with E-state index in [9.17, 15) is 4.79 Å². The Morgan fingerprint density at radius 3 is 2.50 bits per heavy atom. The van der Waals surface area contributed by atoms with E-state index in [2.05, 4.69) is 53.7 Å². The number of fused-ring (bicyclic) bond motifs is 3. The molecule has 1 aromatic heterocycles. The number of nitrogens with one attached hydrogen (secondary N) is 1. The van der Waals surface area contributed by atoms with Crippen molar-refractivity contribution in [2.45, 2.75) is 17.4 Å². The number of aromatic nitrogens is 1. The zero-order valence-corrected chi connectivity index (χ0v) is 18.1. The van der Waals surface area contributed by atoms with Crippen molar-refractivity contribution in [3.05, 3.63) is 100 Å². The van der Waals surface area contributed by atoms with E-state index in [0.717, 1.165) is 23.2 Å². The van der Waals surface area contributed by atoms with E-state index in [1.54, 1.807) is 36.0 Å². The van der Waals surface area contributed by atoms with Crippen molar-refractivity contribution >= 4 is 40.2 Å². The van der Waals surface area contributed by atoms with Crippen LogP contribution in [-0.2, 0) is 6.42 Å². The highest BCUT2D eigenvalue weighted by atomic mass is 35.5. The van der Waals surface area contributed by atoms with Gasteiger partial charge in [0.2, 0.25) is 0 Å². The molecule has 0 spiro atoms. The summed E-state index contributed by atoms with van der Waals surface area (Å²) >= 11 is 7.75. The fourth-order valence-corrected chi connectivity index (χ4v) is 4.88. The van der Waals surface area contributed by atoms with Crippen LogP contribution in [0.15, 0.2) is 77.7 Å². The SMILES string of the molecule is CSc1ccc(C2c3[nH]c4ccccc4c3CCN2C(=O)c2ccc(Cl)cc2)cc1. The van der Waals surface area contributed by atoms with E-state index in [0.29, 0.717) is 17.1 Å². The maximum absolute atomic E-state index is 13.5. The van der Waals surface area contributed by atoms with Gasteiger partial charge in [-0.3, -0.25) is 4.79 Å². The van der Waals surface area contributed by atoms with Crippen LogP contribution in [-0.4, -0.2) is 28.6 Å². The number of halogens is 1. The molecule has 0 bridgehead atoms. The fraction of sp³-hybridized carbons (Fsp3) is 0.160. The lowest BCUT2D eigenvalue weighted by Crippen LogP contribution is -2.40. The topological polar surface area (TPSA) is 36.1 Å². The molecule has 0 fully saturated rings. The van der Waals surface area contributed by atoms with E-state index >= 15 is 0 Å². The van der Waals surface area contributed by atoms with Crippen molar-refractivity contribution in [2.24, 2.45) is 0 Å². The van der Waals surface area contributed by atoms with Gasteiger partial charge in [0.25, 0.3) is 5.91 Å². The van der Waals surface area contributed by atoms with Crippen molar-refractivity contribution in [2.75, 3.05) is 12.8 Å². The average Bonchev–Trinajstić information content (AvgIpc) is 3.17. The van der Waals surface area contributed by atoms with Crippen molar-refractivity contribution in [1.82, 2.24) is 9.88 Å². The third-order valence-corrected chi connectivity index (χ3v) is 6.81. The number of carbonyl (C=O) groups is 1. The molecule has 5 rings (SSSR count). The van der Waals surface area contributed by atoms with E-state index in [-0.39, 0.29) is 11.9 Å². The molecule has 1 N–H and O–H groups in total. The zero-order valence-electron chi connectivity index (χ0n) is 16.6. The van der Waals surface area contributed by atoms with E-state index < -0.39 is 0 Å². The van der Waals surface area contributed by atoms with Crippen LogP contribution in [0.3, 0.4) is 0 Å². The molecule has 0 saturated heterocycles. The molecule has 4 aromatic rings. The zero-order chi connectivity index (χ0) is 20.7. The summed E-state index contributed by atoms with van der Waals surface area (Å²) in [4.78, 5) is 20.3. The Labute approximate surface area is 185 Å². The highest BCUT2D eigenvalue weighted by Crippen LogP contribution is 2.39. The second-order valence-corrected chi connectivity index (χ2v) is 8.81. The number of hydrogen-bond donors (Lipinski definition) is 1. The van der Waals surface area contributed by atoms with E-state index in [1.807, 2.05) is 11.0 Å². The summed E-state index contributed by atoms with van der Waals surface area (Å²) in [5.74, 6) is 0.0231. The lowest BCUT2D eigenvalue weighted by atomic mass is 9.91. The number of thioether (sulfide) groups is 1. The quantitative estimate of drug-likeness (QED) is 0.384. The Bertz CT molecular complexity index is 1210. The molecular formula is C25H21ClN2OS. The number of rotatable bonds is 3. The molecule has 5 heteroatoms. The Balaban J connectivity index is 1.64. The molecule has 1 atom stereocenters. The molecule has 150 valence electrons. The van der Waals surface area contributed by atoms with Gasteiger partial charge in [-0.05, 0) is 66.3 Å². The molecule has 1 unspecified atom stereocenters. The lowest BCUT2D eigenvalue weighted by Gasteiger charge is -2.36. The number of hydrogen-bond acceptors (Lipinski definition) is 2. The Morgan fingerprint density at radius 2 is 1.77 bits per heavy atom. The summed E-state index contributed by atoms with van der Waals surface area (Å²) in [5.41, 5.74) is 5.31. The van der Waals surface area contributed by atoms with E-state index in [1.165, 1.54) is 15.8 Å². The van der Waals surface area contributed by atoms with Gasteiger partial charge in [-0.1, -0.05) is 41.9 Å². The standard InChI is InChI=1S/C25H21ClN2OS/c1-30-19-12-8-16(9-13-19)24-23-21(20-4-2-3-5-22(20)27-23)14-15-28(24)25(29)17-6-10-18(26)11-7-17/h2-13,24,27H,14-15H2,1H3. The molecule has 1 aliphatic rings. The minimum atomic E-state index is -0.153. The van der Waals surface area contributed by atoms with Crippen molar-refractivity contribution in [3.8, 4) is 0 Å². The predicted octanol–water partition coefficient (Wildman–Crippen LogP) is 6.33. The fourth-order valence-electron chi connectivity index (χ4n) is 4.35. The van der Waals surface area contributed by atoms with Crippen molar-refractivity contribution < 1.29 is 4.79 Å². The summed E-state index contributed by atoms with van der Waals surface area (Å²) in [5, 5.41) is 1.88. The maximum atomic E-state index is 13.5. The molecule has 0 saturated carbocycles. The van der Waals surface area contributed by atoms with Gasteiger partial charge in [-0.2, -0.15) is 0 Å². The summed E-state index contributed by atoms with van der Waals surface area (Å²) in [6.45, 7) is 0.672. The van der Waals surface area contributed by atoms with Gasteiger partial charge in [-0.15, -0.1) is 11.8 Å². The molecule has 0 radical (unpaired) electrons. The predicted molar refractivity (Wildman–Crippen MR) is 125 cm³/mol. The molecule has 0 aliphatic carbocycles. The summed E-state index contributed by atoms with van der Waals surface area (Å²) in [7, 11) is 0. The first-order valence-corrected chi connectivity index (χ1v) is 11.6. The number of aromatic amines is 1. The van der Waals surface area contributed by atoms with Crippen LogP contribution in [0.1, 0.15) is 33.2 Å². The van der Waals surface area contributed by atoms with Gasteiger partial charge >= 0.3 is 0 Å². The molecular weight excluding hydrogens is 412 g/mol. The minimum absolute atomic E-state index is 0.0231. The number of benzene rings is 3.